The summed E-state index contributed by atoms with van der Waals surface area (Å²) in [6.07, 6.45) is 1.75. The van der Waals surface area contributed by atoms with Crippen LogP contribution >= 0.6 is 23.2 Å². The Morgan fingerprint density at radius 1 is 1.12 bits per heavy atom. The Morgan fingerprint density at radius 3 is 2.46 bits per heavy atom. The summed E-state index contributed by atoms with van der Waals surface area (Å²) in [5.74, 6) is -0.434. The van der Waals surface area contributed by atoms with Crippen molar-refractivity contribution in [3.8, 4) is 11.5 Å². The number of halogens is 4. The summed E-state index contributed by atoms with van der Waals surface area (Å²) in [4.78, 5) is 8.40. The molecule has 0 spiro atoms. The lowest BCUT2D eigenvalue weighted by molar-refractivity contribution is 0.116. The number of nitrogens with one attached hydrogen (secondary N) is 1. The summed E-state index contributed by atoms with van der Waals surface area (Å²) >= 11 is 12.4. The van der Waals surface area contributed by atoms with Gasteiger partial charge < -0.3 is 9.73 Å². The summed E-state index contributed by atoms with van der Waals surface area (Å²) in [5.41, 5.74) is 0.870. The third-order valence-corrected chi connectivity index (χ3v) is 4.91. The molecule has 2 heterocycles. The number of benzene rings is 1. The van der Waals surface area contributed by atoms with E-state index < -0.39 is 12.3 Å². The lowest BCUT2D eigenvalue weighted by Crippen LogP contribution is -2.20. The van der Waals surface area contributed by atoms with E-state index in [2.05, 4.69) is 25.5 Å². The van der Waals surface area contributed by atoms with Crippen molar-refractivity contribution in [2.45, 2.75) is 24.8 Å². The second-order valence-electron chi connectivity index (χ2n) is 5.85. The highest BCUT2D eigenvalue weighted by molar-refractivity contribution is 6.42. The molecule has 0 bridgehead atoms. The highest BCUT2D eigenvalue weighted by Crippen LogP contribution is 2.51. The van der Waals surface area contributed by atoms with Crippen molar-refractivity contribution >= 4 is 29.2 Å². The van der Waals surface area contributed by atoms with Crippen molar-refractivity contribution in [2.24, 2.45) is 0 Å². The quantitative estimate of drug-likeness (QED) is 0.661. The van der Waals surface area contributed by atoms with Gasteiger partial charge in [0.2, 0.25) is 5.95 Å². The largest absolute Gasteiger partial charge is 0.415 e. The van der Waals surface area contributed by atoms with Crippen LogP contribution in [-0.2, 0) is 5.54 Å². The van der Waals surface area contributed by atoms with E-state index in [-0.39, 0.29) is 11.4 Å². The van der Waals surface area contributed by atoms with Crippen LogP contribution in [0, 0.1) is 0 Å². The first kappa shape index (κ1) is 17.1. The molecular weight excluding hydrogens is 387 g/mol. The molecule has 0 unspecified atom stereocenters. The molecule has 1 aromatic carbocycles. The highest BCUT2D eigenvalue weighted by Gasteiger charge is 2.46. The number of anilines is 1. The van der Waals surface area contributed by atoms with Crippen LogP contribution in [0.5, 0.6) is 0 Å². The van der Waals surface area contributed by atoms with Crippen LogP contribution in [0.4, 0.5) is 14.7 Å². The minimum Gasteiger partial charge on any atom is -0.415 e. The first-order valence-corrected chi connectivity index (χ1v) is 8.41. The molecule has 134 valence electrons. The summed E-state index contributed by atoms with van der Waals surface area (Å²) < 4.78 is 29.9. The Morgan fingerprint density at radius 2 is 1.85 bits per heavy atom. The second-order valence-corrected chi connectivity index (χ2v) is 6.64. The average molecular weight is 398 g/mol. The van der Waals surface area contributed by atoms with E-state index in [0.29, 0.717) is 21.6 Å². The normalized spacial score (nSPS) is 15.3. The molecule has 0 aliphatic heterocycles. The van der Waals surface area contributed by atoms with Crippen LogP contribution in [0.1, 0.15) is 30.7 Å². The molecule has 26 heavy (non-hydrogen) atoms. The Balaban J connectivity index is 1.55. The fraction of sp³-hybridized carbons (Fsp3) is 0.250. The lowest BCUT2D eigenvalue weighted by atomic mass is 10.1. The first-order chi connectivity index (χ1) is 12.5. The van der Waals surface area contributed by atoms with Crippen molar-refractivity contribution in [2.75, 3.05) is 5.32 Å². The fourth-order valence-corrected chi connectivity index (χ4v) is 3.10. The molecular formula is C16H11Cl2F2N5O. The summed E-state index contributed by atoms with van der Waals surface area (Å²) in [6.45, 7) is 0. The van der Waals surface area contributed by atoms with Gasteiger partial charge in [0, 0.05) is 12.4 Å². The molecule has 4 rings (SSSR count). The van der Waals surface area contributed by atoms with Gasteiger partial charge in [0.15, 0.2) is 0 Å². The van der Waals surface area contributed by atoms with Gasteiger partial charge in [0.25, 0.3) is 11.8 Å². The minimum atomic E-state index is -2.82. The van der Waals surface area contributed by atoms with Gasteiger partial charge in [0.05, 0.1) is 21.1 Å². The summed E-state index contributed by atoms with van der Waals surface area (Å²) in [6, 6.07) is 5.48. The van der Waals surface area contributed by atoms with E-state index in [9.17, 15) is 8.78 Å². The second kappa shape index (κ2) is 6.44. The number of hydrogen-bond donors (Lipinski definition) is 1. The smallest absolute Gasteiger partial charge is 0.314 e. The fourth-order valence-electron chi connectivity index (χ4n) is 2.62. The SMILES string of the molecule is FC(F)c1nnc(-c2cnc(NC3(c4cccc(Cl)c4Cl)CC3)nc2)o1. The standard InChI is InChI=1S/C16H11Cl2F2N5O/c17-10-3-1-2-9(11(10)18)16(4-5-16)23-15-21-6-8(7-22-15)13-24-25-14(26-13)12(19)20/h1-3,6-7,12H,4-5H2,(H,21,22,23). The zero-order valence-electron chi connectivity index (χ0n) is 13.1. The van der Waals surface area contributed by atoms with Crippen molar-refractivity contribution < 1.29 is 13.2 Å². The molecule has 0 atom stereocenters. The van der Waals surface area contributed by atoms with Crippen molar-refractivity contribution in [3.63, 3.8) is 0 Å². The van der Waals surface area contributed by atoms with E-state index in [1.165, 1.54) is 12.4 Å². The maximum Gasteiger partial charge on any atom is 0.314 e. The predicted octanol–water partition coefficient (Wildman–Crippen LogP) is 4.87. The third kappa shape index (κ3) is 3.10. The van der Waals surface area contributed by atoms with Gasteiger partial charge in [-0.15, -0.1) is 10.2 Å². The van der Waals surface area contributed by atoms with Crippen LogP contribution in [0.25, 0.3) is 11.5 Å². The first-order valence-electron chi connectivity index (χ1n) is 7.65. The molecule has 3 aromatic rings. The van der Waals surface area contributed by atoms with Crippen LogP contribution in [-0.4, -0.2) is 20.2 Å². The highest BCUT2D eigenvalue weighted by atomic mass is 35.5. The Bertz CT molecular complexity index is 944. The number of aromatic nitrogens is 4. The summed E-state index contributed by atoms with van der Waals surface area (Å²) in [5, 5.41) is 11.1. The van der Waals surface area contributed by atoms with E-state index in [0.717, 1.165) is 18.4 Å². The Kier molecular flexibility index (Phi) is 4.24. The zero-order valence-corrected chi connectivity index (χ0v) is 14.6. The molecule has 1 fully saturated rings. The van der Waals surface area contributed by atoms with E-state index in [1.54, 1.807) is 6.07 Å². The molecule has 0 amide bonds. The van der Waals surface area contributed by atoms with Crippen molar-refractivity contribution in [1.82, 2.24) is 20.2 Å². The van der Waals surface area contributed by atoms with Gasteiger partial charge in [-0.05, 0) is 24.5 Å². The minimum absolute atomic E-state index is 0.0640. The topological polar surface area (TPSA) is 76.7 Å². The Hall–Kier alpha value is -2.32. The number of nitrogens with zero attached hydrogens (tertiary/aromatic N) is 4. The van der Waals surface area contributed by atoms with Crippen LogP contribution < -0.4 is 5.32 Å². The van der Waals surface area contributed by atoms with Gasteiger partial charge >= 0.3 is 6.43 Å². The Labute approximate surface area is 156 Å². The van der Waals surface area contributed by atoms with E-state index in [1.807, 2.05) is 12.1 Å². The monoisotopic (exact) mass is 397 g/mol. The predicted molar refractivity (Wildman–Crippen MR) is 91.3 cm³/mol. The van der Waals surface area contributed by atoms with Gasteiger partial charge in [0.1, 0.15) is 0 Å². The van der Waals surface area contributed by atoms with Crippen molar-refractivity contribution in [3.05, 3.63) is 52.1 Å². The lowest BCUT2D eigenvalue weighted by Gasteiger charge is -2.19. The molecule has 1 aliphatic carbocycles. The molecule has 0 saturated heterocycles. The molecule has 2 aromatic heterocycles. The van der Waals surface area contributed by atoms with E-state index in [4.69, 9.17) is 27.6 Å². The van der Waals surface area contributed by atoms with Crippen molar-refractivity contribution in [1.29, 1.82) is 0 Å². The summed E-state index contributed by atoms with van der Waals surface area (Å²) in [7, 11) is 0. The van der Waals surface area contributed by atoms with Crippen LogP contribution in [0.3, 0.4) is 0 Å². The van der Waals surface area contributed by atoms with Gasteiger partial charge in [-0.25, -0.2) is 9.97 Å². The maximum absolute atomic E-state index is 12.5. The maximum atomic E-state index is 12.5. The molecule has 1 N–H and O–H groups in total. The number of rotatable bonds is 5. The van der Waals surface area contributed by atoms with Crippen LogP contribution in [0.2, 0.25) is 10.0 Å². The van der Waals surface area contributed by atoms with Gasteiger partial charge in [-0.3, -0.25) is 0 Å². The van der Waals surface area contributed by atoms with Crippen LogP contribution in [0.15, 0.2) is 35.0 Å². The number of hydrogen-bond acceptors (Lipinski definition) is 6. The van der Waals surface area contributed by atoms with Gasteiger partial charge in [-0.2, -0.15) is 8.78 Å². The molecule has 1 saturated carbocycles. The molecule has 6 nitrogen and oxygen atoms in total. The molecule has 1 aliphatic rings. The van der Waals surface area contributed by atoms with E-state index >= 15 is 0 Å². The zero-order chi connectivity index (χ0) is 18.3. The molecule has 0 radical (unpaired) electrons. The number of alkyl halides is 2. The average Bonchev–Trinajstić information content (AvgIpc) is 3.22. The van der Waals surface area contributed by atoms with Gasteiger partial charge in [-0.1, -0.05) is 35.3 Å². The third-order valence-electron chi connectivity index (χ3n) is 4.09. The molecule has 10 heteroatoms.